The van der Waals surface area contributed by atoms with Crippen molar-refractivity contribution in [3.05, 3.63) is 90.0 Å². The van der Waals surface area contributed by atoms with Gasteiger partial charge in [0.2, 0.25) is 6.29 Å². The van der Waals surface area contributed by atoms with Crippen LogP contribution in [0.25, 0.3) is 21.5 Å². The average Bonchev–Trinajstić information content (AvgIpc) is 2.65. The van der Waals surface area contributed by atoms with Gasteiger partial charge in [0.05, 0.1) is 5.60 Å². The zero-order chi connectivity index (χ0) is 17.7. The molecule has 1 heterocycles. The van der Waals surface area contributed by atoms with Gasteiger partial charge in [0.1, 0.15) is 5.75 Å². The highest BCUT2D eigenvalue weighted by Crippen LogP contribution is 2.46. The van der Waals surface area contributed by atoms with E-state index in [-0.39, 0.29) is 0 Å². The van der Waals surface area contributed by atoms with E-state index in [2.05, 4.69) is 74.5 Å². The van der Waals surface area contributed by atoms with Gasteiger partial charge in [0.15, 0.2) is 0 Å². The van der Waals surface area contributed by atoms with Crippen LogP contribution in [0.3, 0.4) is 0 Å². The van der Waals surface area contributed by atoms with E-state index in [0.29, 0.717) is 0 Å². The second kappa shape index (κ2) is 5.58. The van der Waals surface area contributed by atoms with Crippen LogP contribution in [0.4, 0.5) is 0 Å². The summed E-state index contributed by atoms with van der Waals surface area (Å²) in [6.45, 7) is 4.21. The van der Waals surface area contributed by atoms with Crippen molar-refractivity contribution in [2.75, 3.05) is 0 Å². The van der Waals surface area contributed by atoms with Crippen molar-refractivity contribution in [2.45, 2.75) is 25.7 Å². The Balaban J connectivity index is 1.79. The van der Waals surface area contributed by atoms with E-state index in [0.717, 1.165) is 16.9 Å². The van der Waals surface area contributed by atoms with Crippen LogP contribution in [0.1, 0.15) is 31.3 Å². The van der Waals surface area contributed by atoms with Gasteiger partial charge in [0, 0.05) is 11.1 Å². The molecule has 0 radical (unpaired) electrons. The minimum atomic E-state index is -0.448. The lowest BCUT2D eigenvalue weighted by atomic mass is 9.93. The van der Waals surface area contributed by atoms with Crippen LogP contribution in [0.15, 0.2) is 78.9 Å². The first-order valence-electron chi connectivity index (χ1n) is 8.98. The summed E-state index contributed by atoms with van der Waals surface area (Å²) in [4.78, 5) is 0. The molecule has 0 N–H and O–H groups in total. The van der Waals surface area contributed by atoms with E-state index in [1.54, 1.807) is 0 Å². The Morgan fingerprint density at radius 2 is 1.31 bits per heavy atom. The fourth-order valence-electron chi connectivity index (χ4n) is 3.96. The first kappa shape index (κ1) is 15.4. The Bertz CT molecular complexity index is 1070. The van der Waals surface area contributed by atoms with E-state index in [1.165, 1.54) is 21.5 Å². The SMILES string of the molecule is CC1(C)OC(c2c3ccccc3cc3ccccc23)Oc2ccccc21. The molecule has 26 heavy (non-hydrogen) atoms. The van der Waals surface area contributed by atoms with Gasteiger partial charge in [0.25, 0.3) is 0 Å². The van der Waals surface area contributed by atoms with Gasteiger partial charge >= 0.3 is 0 Å². The molecule has 1 atom stereocenters. The van der Waals surface area contributed by atoms with Crippen molar-refractivity contribution in [3.63, 3.8) is 0 Å². The number of hydrogen-bond donors (Lipinski definition) is 0. The van der Waals surface area contributed by atoms with Gasteiger partial charge in [-0.3, -0.25) is 0 Å². The number of benzene rings is 4. The van der Waals surface area contributed by atoms with Gasteiger partial charge in [-0.25, -0.2) is 0 Å². The minimum Gasteiger partial charge on any atom is -0.460 e. The third-order valence-corrected chi connectivity index (χ3v) is 5.22. The summed E-state index contributed by atoms with van der Waals surface area (Å²) in [6.07, 6.45) is -0.448. The Morgan fingerprint density at radius 1 is 0.731 bits per heavy atom. The molecule has 0 bridgehead atoms. The molecule has 0 saturated heterocycles. The van der Waals surface area contributed by atoms with Gasteiger partial charge in [-0.2, -0.15) is 0 Å². The van der Waals surface area contributed by atoms with Crippen molar-refractivity contribution in [1.29, 1.82) is 0 Å². The lowest BCUT2D eigenvalue weighted by Crippen LogP contribution is -2.32. The molecule has 0 aliphatic carbocycles. The first-order valence-corrected chi connectivity index (χ1v) is 8.98. The summed E-state index contributed by atoms with van der Waals surface area (Å²) in [5, 5.41) is 4.74. The predicted octanol–water partition coefficient (Wildman–Crippen LogP) is 6.34. The summed E-state index contributed by atoms with van der Waals surface area (Å²) in [7, 11) is 0. The van der Waals surface area contributed by atoms with Crippen molar-refractivity contribution >= 4 is 21.5 Å². The smallest absolute Gasteiger partial charge is 0.228 e. The molecular formula is C24H20O2. The molecule has 1 aliphatic rings. The van der Waals surface area contributed by atoms with Crippen LogP contribution in [-0.4, -0.2) is 0 Å². The highest BCUT2D eigenvalue weighted by atomic mass is 16.7. The fraction of sp³-hybridized carbons (Fsp3) is 0.167. The molecule has 2 nitrogen and oxygen atoms in total. The van der Waals surface area contributed by atoms with Gasteiger partial charge < -0.3 is 9.47 Å². The predicted molar refractivity (Wildman–Crippen MR) is 105 cm³/mol. The van der Waals surface area contributed by atoms with E-state index in [1.807, 2.05) is 18.2 Å². The van der Waals surface area contributed by atoms with Crippen molar-refractivity contribution in [3.8, 4) is 5.75 Å². The normalized spacial score (nSPS) is 18.5. The lowest BCUT2D eigenvalue weighted by molar-refractivity contribution is -0.185. The Hall–Kier alpha value is -2.84. The molecule has 1 unspecified atom stereocenters. The molecule has 4 aromatic rings. The van der Waals surface area contributed by atoms with E-state index in [9.17, 15) is 0 Å². The van der Waals surface area contributed by atoms with Crippen LogP contribution in [0.5, 0.6) is 5.75 Å². The lowest BCUT2D eigenvalue weighted by Gasteiger charge is -2.38. The van der Waals surface area contributed by atoms with E-state index >= 15 is 0 Å². The summed E-state index contributed by atoms with van der Waals surface area (Å²) >= 11 is 0. The number of hydrogen-bond acceptors (Lipinski definition) is 2. The average molecular weight is 340 g/mol. The third-order valence-electron chi connectivity index (χ3n) is 5.22. The van der Waals surface area contributed by atoms with Crippen LogP contribution in [0.2, 0.25) is 0 Å². The molecule has 0 fully saturated rings. The zero-order valence-electron chi connectivity index (χ0n) is 14.9. The quantitative estimate of drug-likeness (QED) is 0.377. The van der Waals surface area contributed by atoms with Crippen molar-refractivity contribution < 1.29 is 9.47 Å². The monoisotopic (exact) mass is 340 g/mol. The molecule has 0 saturated carbocycles. The van der Waals surface area contributed by atoms with Gasteiger partial charge in [-0.05, 0) is 47.5 Å². The molecule has 0 spiro atoms. The molecule has 2 heteroatoms. The van der Waals surface area contributed by atoms with Crippen LogP contribution < -0.4 is 4.74 Å². The van der Waals surface area contributed by atoms with Gasteiger partial charge in [-0.15, -0.1) is 0 Å². The van der Waals surface area contributed by atoms with E-state index < -0.39 is 11.9 Å². The summed E-state index contributed by atoms with van der Waals surface area (Å²) < 4.78 is 12.8. The molecule has 5 rings (SSSR count). The highest BCUT2D eigenvalue weighted by Gasteiger charge is 2.36. The molecule has 1 aliphatic heterocycles. The second-order valence-electron chi connectivity index (χ2n) is 7.31. The number of ether oxygens (including phenoxy) is 2. The van der Waals surface area contributed by atoms with Crippen LogP contribution in [0, 0.1) is 0 Å². The van der Waals surface area contributed by atoms with Crippen molar-refractivity contribution in [2.24, 2.45) is 0 Å². The summed E-state index contributed by atoms with van der Waals surface area (Å²) in [6, 6.07) is 27.3. The maximum Gasteiger partial charge on any atom is 0.228 e. The zero-order valence-corrected chi connectivity index (χ0v) is 14.9. The van der Waals surface area contributed by atoms with Crippen molar-refractivity contribution in [1.82, 2.24) is 0 Å². The number of para-hydroxylation sites is 1. The minimum absolute atomic E-state index is 0.419. The largest absolute Gasteiger partial charge is 0.460 e. The fourth-order valence-corrected chi connectivity index (χ4v) is 3.96. The van der Waals surface area contributed by atoms with Crippen LogP contribution in [-0.2, 0) is 10.3 Å². The van der Waals surface area contributed by atoms with Gasteiger partial charge in [-0.1, -0.05) is 66.7 Å². The molecule has 0 aromatic heterocycles. The number of fused-ring (bicyclic) bond motifs is 3. The molecule has 128 valence electrons. The molecule has 4 aromatic carbocycles. The topological polar surface area (TPSA) is 18.5 Å². The Labute approximate surface area is 153 Å². The Kier molecular flexibility index (Phi) is 3.31. The van der Waals surface area contributed by atoms with Crippen LogP contribution >= 0.6 is 0 Å². The standard InChI is InChI=1S/C24H20O2/c1-24(2)20-13-7-8-14-21(20)25-23(26-24)22-18-11-5-3-9-16(18)15-17-10-4-6-12-19(17)22/h3-15,23H,1-2H3. The maximum absolute atomic E-state index is 6.48. The summed E-state index contributed by atoms with van der Waals surface area (Å²) in [5.74, 6) is 0.894. The second-order valence-corrected chi connectivity index (χ2v) is 7.31. The summed E-state index contributed by atoms with van der Waals surface area (Å²) in [5.41, 5.74) is 1.76. The highest BCUT2D eigenvalue weighted by molar-refractivity contribution is 6.02. The third kappa shape index (κ3) is 2.30. The Morgan fingerprint density at radius 3 is 2.00 bits per heavy atom. The molecular weight excluding hydrogens is 320 g/mol. The first-order chi connectivity index (χ1) is 12.6. The number of rotatable bonds is 1. The maximum atomic E-state index is 6.48. The molecule has 0 amide bonds. The van der Waals surface area contributed by atoms with E-state index in [4.69, 9.17) is 9.47 Å².